The third-order valence-electron chi connectivity index (χ3n) is 7.42. The molecule has 0 radical (unpaired) electrons. The largest absolute Gasteiger partial charge is 0.482 e. The molecule has 1 aliphatic heterocycles. The number of likely N-dealkylation sites (N-methyl/N-ethyl adjacent to an activating group) is 1. The van der Waals surface area contributed by atoms with E-state index in [1.807, 2.05) is 58.0 Å². The second-order valence-electron chi connectivity index (χ2n) is 10.6. The first kappa shape index (κ1) is 31.7. The molecule has 0 unspecified atom stereocenters. The van der Waals surface area contributed by atoms with E-state index in [4.69, 9.17) is 9.47 Å². The van der Waals surface area contributed by atoms with Gasteiger partial charge in [0.25, 0.3) is 5.91 Å². The summed E-state index contributed by atoms with van der Waals surface area (Å²) in [4.78, 5) is 23.2. The van der Waals surface area contributed by atoms with Crippen LogP contribution < -0.4 is 24.6 Å². The maximum atomic E-state index is 12.9. The van der Waals surface area contributed by atoms with Gasteiger partial charge in [0.1, 0.15) is 11.5 Å². The van der Waals surface area contributed by atoms with Gasteiger partial charge in [0.15, 0.2) is 12.5 Å². The minimum Gasteiger partial charge on any atom is -0.482 e. The van der Waals surface area contributed by atoms with Crippen molar-refractivity contribution in [2.45, 2.75) is 33.4 Å². The number of alkyl halides is 3. The van der Waals surface area contributed by atoms with Crippen LogP contribution in [0, 0.1) is 6.92 Å². The van der Waals surface area contributed by atoms with Gasteiger partial charge < -0.3 is 24.2 Å². The number of amides is 1. The number of halogens is 3. The van der Waals surface area contributed by atoms with Crippen LogP contribution in [0.4, 0.5) is 30.2 Å². The zero-order chi connectivity index (χ0) is 31.1. The summed E-state index contributed by atoms with van der Waals surface area (Å²) in [6.07, 6.45) is -0.530. The maximum Gasteiger partial charge on any atom is 0.422 e. The predicted octanol–water partition coefficient (Wildman–Crippen LogP) is 6.30. The van der Waals surface area contributed by atoms with Crippen molar-refractivity contribution < 1.29 is 27.4 Å². The number of allylic oxidation sites excluding steroid dienone is 1. The molecule has 0 spiro atoms. The number of carbonyl (C=O) groups is 1. The maximum absolute atomic E-state index is 12.9. The summed E-state index contributed by atoms with van der Waals surface area (Å²) in [5.74, 6) is 0.840. The first-order valence-corrected chi connectivity index (χ1v) is 14.2. The number of benzene rings is 2. The second kappa shape index (κ2) is 13.8. The van der Waals surface area contributed by atoms with Crippen LogP contribution in [-0.2, 0) is 0 Å². The van der Waals surface area contributed by atoms with Gasteiger partial charge in [0.2, 0.25) is 0 Å². The van der Waals surface area contributed by atoms with Crippen molar-refractivity contribution >= 4 is 23.0 Å². The molecule has 43 heavy (non-hydrogen) atoms. The Morgan fingerprint density at radius 2 is 1.72 bits per heavy atom. The molecule has 1 N–H and O–H groups in total. The summed E-state index contributed by atoms with van der Waals surface area (Å²) in [5, 5.41) is 2.89. The first-order chi connectivity index (χ1) is 20.4. The van der Waals surface area contributed by atoms with Gasteiger partial charge in [-0.05, 0) is 87.0 Å². The van der Waals surface area contributed by atoms with Gasteiger partial charge in [-0.2, -0.15) is 13.2 Å². The highest BCUT2D eigenvalue weighted by Gasteiger charge is 2.29. The minimum atomic E-state index is -4.43. The van der Waals surface area contributed by atoms with E-state index < -0.39 is 12.8 Å². The van der Waals surface area contributed by atoms with E-state index in [1.54, 1.807) is 42.7 Å². The van der Waals surface area contributed by atoms with Crippen LogP contribution in [-0.4, -0.2) is 68.8 Å². The third-order valence-corrected chi connectivity index (χ3v) is 7.42. The van der Waals surface area contributed by atoms with Gasteiger partial charge in [-0.3, -0.25) is 15.1 Å². The third kappa shape index (κ3) is 8.41. The van der Waals surface area contributed by atoms with Gasteiger partial charge in [-0.25, -0.2) is 0 Å². The lowest BCUT2D eigenvalue weighted by atomic mass is 10.1. The minimum absolute atomic E-state index is 0.206. The Morgan fingerprint density at radius 3 is 2.35 bits per heavy atom. The fraction of sp³-hybridized carbons (Fsp3) is 0.375. The van der Waals surface area contributed by atoms with Crippen molar-refractivity contribution in [1.29, 1.82) is 0 Å². The molecule has 1 saturated heterocycles. The summed E-state index contributed by atoms with van der Waals surface area (Å²) in [6, 6.07) is 14.3. The van der Waals surface area contributed by atoms with Gasteiger partial charge in [0, 0.05) is 62.6 Å². The second-order valence-corrected chi connectivity index (χ2v) is 10.6. The number of hydrogen-bond donors (Lipinski definition) is 1. The van der Waals surface area contributed by atoms with Gasteiger partial charge in [0.05, 0.1) is 5.69 Å². The van der Waals surface area contributed by atoms with Crippen LogP contribution in [0.15, 0.2) is 72.4 Å². The van der Waals surface area contributed by atoms with Gasteiger partial charge >= 0.3 is 6.18 Å². The fourth-order valence-corrected chi connectivity index (χ4v) is 4.57. The van der Waals surface area contributed by atoms with E-state index in [-0.39, 0.29) is 11.7 Å². The van der Waals surface area contributed by atoms with E-state index in [0.29, 0.717) is 42.4 Å². The SMILES string of the molecule is CC/C(C)=C(/NC(=O)c1ccncc1C)Oc1ccc(N(C)c2ccc(OCC(F)(F)F)c(N3CCN(C)CC3)c2)cc1. The summed E-state index contributed by atoms with van der Waals surface area (Å²) >= 11 is 0. The Morgan fingerprint density at radius 1 is 1.05 bits per heavy atom. The monoisotopic (exact) mass is 597 g/mol. The lowest BCUT2D eigenvalue weighted by Gasteiger charge is -2.35. The molecule has 0 bridgehead atoms. The Bertz CT molecular complexity index is 1430. The van der Waals surface area contributed by atoms with Crippen LogP contribution in [0.5, 0.6) is 11.5 Å². The molecule has 1 aromatic heterocycles. The topological polar surface area (TPSA) is 70.2 Å². The molecule has 3 aromatic rings. The lowest BCUT2D eigenvalue weighted by molar-refractivity contribution is -0.153. The quantitative estimate of drug-likeness (QED) is 0.275. The number of rotatable bonds is 10. The Balaban J connectivity index is 1.52. The van der Waals surface area contributed by atoms with E-state index >= 15 is 0 Å². The van der Waals surface area contributed by atoms with Crippen LogP contribution in [0.1, 0.15) is 36.2 Å². The molecule has 1 amide bonds. The summed E-state index contributed by atoms with van der Waals surface area (Å²) < 4.78 is 50.1. The summed E-state index contributed by atoms with van der Waals surface area (Å²) in [6.45, 7) is 7.33. The van der Waals surface area contributed by atoms with Crippen LogP contribution in [0.25, 0.3) is 0 Å². The molecule has 230 valence electrons. The molecule has 1 fully saturated rings. The lowest BCUT2D eigenvalue weighted by Crippen LogP contribution is -2.44. The Hall–Kier alpha value is -4.25. The highest BCUT2D eigenvalue weighted by Crippen LogP contribution is 2.36. The number of ether oxygens (including phenoxy) is 2. The molecule has 0 aliphatic carbocycles. The van der Waals surface area contributed by atoms with Crippen LogP contribution >= 0.6 is 0 Å². The molecule has 8 nitrogen and oxygen atoms in total. The highest BCUT2D eigenvalue weighted by molar-refractivity contribution is 5.96. The Kier molecular flexibility index (Phi) is 10.2. The van der Waals surface area contributed by atoms with E-state index in [9.17, 15) is 18.0 Å². The zero-order valence-corrected chi connectivity index (χ0v) is 25.2. The summed E-state index contributed by atoms with van der Waals surface area (Å²) in [7, 11) is 3.91. The number of aryl methyl sites for hydroxylation is 1. The van der Waals surface area contributed by atoms with Crippen molar-refractivity contribution in [3.05, 3.63) is 83.5 Å². The van der Waals surface area contributed by atoms with E-state index in [2.05, 4.69) is 20.1 Å². The average molecular weight is 598 g/mol. The molecule has 11 heteroatoms. The number of pyridine rings is 1. The van der Waals surface area contributed by atoms with Gasteiger partial charge in [-0.1, -0.05) is 6.92 Å². The smallest absolute Gasteiger partial charge is 0.422 e. The molecule has 0 atom stereocenters. The van der Waals surface area contributed by atoms with Crippen molar-refractivity contribution in [3.8, 4) is 11.5 Å². The predicted molar refractivity (Wildman–Crippen MR) is 162 cm³/mol. The number of nitrogens with zero attached hydrogens (tertiary/aromatic N) is 4. The molecule has 4 rings (SSSR count). The van der Waals surface area contributed by atoms with Gasteiger partial charge in [-0.15, -0.1) is 0 Å². The number of nitrogens with one attached hydrogen (secondary N) is 1. The van der Waals surface area contributed by atoms with Crippen LogP contribution in [0.3, 0.4) is 0 Å². The standard InChI is InChI=1S/C32H38F3N5O3/c1-6-22(2)31(37-30(41)27-13-14-36-20-23(27)3)43-26-10-7-24(8-11-26)39(5)25-9-12-29(42-21-32(33,34)35)28(19-25)40-17-15-38(4)16-18-40/h7-14,19-20H,6,15-18,21H2,1-5H3,(H,37,41)/b31-22-. The van der Waals surface area contributed by atoms with Crippen molar-refractivity contribution in [3.63, 3.8) is 0 Å². The van der Waals surface area contributed by atoms with Crippen molar-refractivity contribution in [2.24, 2.45) is 0 Å². The van der Waals surface area contributed by atoms with E-state index in [0.717, 1.165) is 35.6 Å². The number of piperazine rings is 1. The number of aromatic nitrogens is 1. The highest BCUT2D eigenvalue weighted by atomic mass is 19.4. The molecular formula is C32H38F3N5O3. The van der Waals surface area contributed by atoms with E-state index in [1.165, 1.54) is 0 Å². The molecule has 2 aromatic carbocycles. The average Bonchev–Trinajstić information content (AvgIpc) is 2.99. The number of carbonyl (C=O) groups excluding carboxylic acids is 1. The molecule has 2 heterocycles. The zero-order valence-electron chi connectivity index (χ0n) is 25.2. The van der Waals surface area contributed by atoms with Crippen LogP contribution in [0.2, 0.25) is 0 Å². The molecular weight excluding hydrogens is 559 g/mol. The van der Waals surface area contributed by atoms with Crippen molar-refractivity contribution in [2.75, 3.05) is 56.7 Å². The van der Waals surface area contributed by atoms with Crippen molar-refractivity contribution in [1.82, 2.24) is 15.2 Å². The number of hydrogen-bond acceptors (Lipinski definition) is 7. The molecule has 0 saturated carbocycles. The summed E-state index contributed by atoms with van der Waals surface area (Å²) in [5.41, 5.74) is 4.43. The fourth-order valence-electron chi connectivity index (χ4n) is 4.57. The first-order valence-electron chi connectivity index (χ1n) is 14.2. The number of anilines is 3. The normalized spacial score (nSPS) is 14.7. The molecule has 1 aliphatic rings. The Labute approximate surface area is 250 Å².